The van der Waals surface area contributed by atoms with Crippen LogP contribution in [0.15, 0.2) is 47.4 Å². The molecule has 0 aliphatic heterocycles. The standard InChI is InChI=1S/C15H13ClFNO5S/c16-11-6-5-10(9-14(11)24(18,20)21)15(19)23-8-7-22-13-4-2-1-3-12(13)17/h1-6,9H,7-8H2,(H2,18,20,21). The lowest BCUT2D eigenvalue weighted by atomic mass is 10.2. The lowest BCUT2D eigenvalue weighted by Gasteiger charge is -2.09. The number of sulfonamides is 1. The Hall–Kier alpha value is -2.16. The van der Waals surface area contributed by atoms with Crippen LogP contribution in [0.25, 0.3) is 0 Å². The monoisotopic (exact) mass is 373 g/mol. The number of benzene rings is 2. The number of esters is 1. The molecule has 0 atom stereocenters. The van der Waals surface area contributed by atoms with Crippen molar-refractivity contribution in [2.24, 2.45) is 5.14 Å². The van der Waals surface area contributed by atoms with Crippen LogP contribution in [0.4, 0.5) is 4.39 Å². The summed E-state index contributed by atoms with van der Waals surface area (Å²) in [5.74, 6) is -1.27. The van der Waals surface area contributed by atoms with E-state index < -0.39 is 21.8 Å². The van der Waals surface area contributed by atoms with Gasteiger partial charge >= 0.3 is 5.97 Å². The molecule has 6 nitrogen and oxygen atoms in total. The Bertz CT molecular complexity index is 857. The van der Waals surface area contributed by atoms with Crippen LogP contribution in [0, 0.1) is 5.82 Å². The number of carbonyl (C=O) groups is 1. The highest BCUT2D eigenvalue weighted by Gasteiger charge is 2.17. The van der Waals surface area contributed by atoms with E-state index in [0.29, 0.717) is 0 Å². The number of carbonyl (C=O) groups excluding carboxylic acids is 1. The topological polar surface area (TPSA) is 95.7 Å². The summed E-state index contributed by atoms with van der Waals surface area (Å²) in [5.41, 5.74) is -0.0330. The molecule has 0 amide bonds. The number of nitrogens with two attached hydrogens (primary N) is 1. The first-order valence-electron chi connectivity index (χ1n) is 6.66. The van der Waals surface area contributed by atoms with E-state index in [1.54, 1.807) is 6.07 Å². The van der Waals surface area contributed by atoms with E-state index in [1.165, 1.54) is 30.3 Å². The SMILES string of the molecule is NS(=O)(=O)c1cc(C(=O)OCCOc2ccccc2F)ccc1Cl. The fourth-order valence-corrected chi connectivity index (χ4v) is 2.85. The van der Waals surface area contributed by atoms with Crippen molar-refractivity contribution in [3.05, 3.63) is 58.9 Å². The van der Waals surface area contributed by atoms with Crippen LogP contribution in [-0.4, -0.2) is 27.6 Å². The maximum Gasteiger partial charge on any atom is 0.338 e. The molecule has 128 valence electrons. The van der Waals surface area contributed by atoms with E-state index in [1.807, 2.05) is 0 Å². The summed E-state index contributed by atoms with van der Waals surface area (Å²) in [6.07, 6.45) is 0. The Morgan fingerprint density at radius 3 is 2.54 bits per heavy atom. The van der Waals surface area contributed by atoms with Crippen LogP contribution in [0.5, 0.6) is 5.75 Å². The van der Waals surface area contributed by atoms with E-state index in [9.17, 15) is 17.6 Å². The molecule has 0 unspecified atom stereocenters. The van der Waals surface area contributed by atoms with Gasteiger partial charge in [-0.05, 0) is 30.3 Å². The lowest BCUT2D eigenvalue weighted by Crippen LogP contribution is -2.16. The second-order valence-electron chi connectivity index (χ2n) is 4.61. The van der Waals surface area contributed by atoms with Crippen molar-refractivity contribution in [3.8, 4) is 5.75 Å². The molecule has 0 bridgehead atoms. The van der Waals surface area contributed by atoms with E-state index in [0.717, 1.165) is 6.07 Å². The molecule has 24 heavy (non-hydrogen) atoms. The second-order valence-corrected chi connectivity index (χ2v) is 6.54. The highest BCUT2D eigenvalue weighted by molar-refractivity contribution is 7.89. The molecule has 0 saturated heterocycles. The first-order chi connectivity index (χ1) is 11.3. The first kappa shape index (κ1) is 18.2. The Morgan fingerprint density at radius 2 is 1.88 bits per heavy atom. The van der Waals surface area contributed by atoms with Crippen molar-refractivity contribution >= 4 is 27.6 Å². The Labute approximate surface area is 143 Å². The summed E-state index contributed by atoms with van der Waals surface area (Å²) < 4.78 is 46.1. The van der Waals surface area contributed by atoms with Crippen LogP contribution >= 0.6 is 11.6 Å². The van der Waals surface area contributed by atoms with Crippen LogP contribution in [0.1, 0.15) is 10.4 Å². The second kappa shape index (κ2) is 7.61. The van der Waals surface area contributed by atoms with Gasteiger partial charge in [0.15, 0.2) is 11.6 Å². The number of rotatable bonds is 6. The number of para-hydroxylation sites is 1. The summed E-state index contributed by atoms with van der Waals surface area (Å²) >= 11 is 5.73. The zero-order valence-electron chi connectivity index (χ0n) is 12.2. The number of hydrogen-bond acceptors (Lipinski definition) is 5. The molecule has 0 radical (unpaired) electrons. The molecule has 2 aromatic rings. The maximum absolute atomic E-state index is 13.3. The lowest BCUT2D eigenvalue weighted by molar-refractivity contribution is 0.0448. The van der Waals surface area contributed by atoms with Gasteiger partial charge in [-0.15, -0.1) is 0 Å². The van der Waals surface area contributed by atoms with Crippen molar-refractivity contribution in [2.75, 3.05) is 13.2 Å². The van der Waals surface area contributed by atoms with Crippen LogP contribution in [-0.2, 0) is 14.8 Å². The van der Waals surface area contributed by atoms with Crippen LogP contribution < -0.4 is 9.88 Å². The third-order valence-corrected chi connectivity index (χ3v) is 4.28. The van der Waals surface area contributed by atoms with Crippen molar-refractivity contribution < 1.29 is 27.1 Å². The predicted molar refractivity (Wildman–Crippen MR) is 85.0 cm³/mol. The molecule has 0 aliphatic rings. The smallest absolute Gasteiger partial charge is 0.338 e. The molecule has 2 rings (SSSR count). The Kier molecular flexibility index (Phi) is 5.76. The normalized spacial score (nSPS) is 11.1. The van der Waals surface area contributed by atoms with E-state index in [2.05, 4.69) is 0 Å². The van der Waals surface area contributed by atoms with Gasteiger partial charge in [0.1, 0.15) is 18.1 Å². The van der Waals surface area contributed by atoms with Crippen LogP contribution in [0.3, 0.4) is 0 Å². The Morgan fingerprint density at radius 1 is 1.17 bits per heavy atom. The molecular weight excluding hydrogens is 361 g/mol. The molecule has 0 heterocycles. The van der Waals surface area contributed by atoms with Crippen molar-refractivity contribution in [2.45, 2.75) is 4.90 Å². The summed E-state index contributed by atoms with van der Waals surface area (Å²) in [7, 11) is -4.06. The van der Waals surface area contributed by atoms with E-state index in [4.69, 9.17) is 26.2 Å². The van der Waals surface area contributed by atoms with E-state index in [-0.39, 0.29) is 34.4 Å². The molecule has 2 aromatic carbocycles. The van der Waals surface area contributed by atoms with Gasteiger partial charge in [0.2, 0.25) is 10.0 Å². The van der Waals surface area contributed by atoms with Gasteiger partial charge in [-0.3, -0.25) is 0 Å². The van der Waals surface area contributed by atoms with E-state index >= 15 is 0 Å². The minimum absolute atomic E-state index is 0.0330. The summed E-state index contributed by atoms with van der Waals surface area (Å²) in [5, 5.41) is 4.91. The van der Waals surface area contributed by atoms with Gasteiger partial charge in [0.25, 0.3) is 0 Å². The highest BCUT2D eigenvalue weighted by Crippen LogP contribution is 2.22. The zero-order chi connectivity index (χ0) is 17.7. The van der Waals surface area contributed by atoms with Gasteiger partial charge in [0, 0.05) is 0 Å². The predicted octanol–water partition coefficient (Wildman–Crippen LogP) is 2.36. The minimum atomic E-state index is -4.06. The summed E-state index contributed by atoms with van der Waals surface area (Å²) in [6.45, 7) is -0.219. The number of primary sulfonamides is 1. The minimum Gasteiger partial charge on any atom is -0.487 e. The van der Waals surface area contributed by atoms with Gasteiger partial charge in [-0.1, -0.05) is 23.7 Å². The molecule has 0 saturated carbocycles. The van der Waals surface area contributed by atoms with Crippen molar-refractivity contribution in [3.63, 3.8) is 0 Å². The molecule has 0 spiro atoms. The van der Waals surface area contributed by atoms with Crippen molar-refractivity contribution in [1.82, 2.24) is 0 Å². The molecule has 0 fully saturated rings. The largest absolute Gasteiger partial charge is 0.487 e. The van der Waals surface area contributed by atoms with Crippen molar-refractivity contribution in [1.29, 1.82) is 0 Å². The molecule has 9 heteroatoms. The summed E-state index contributed by atoms with van der Waals surface area (Å²) in [4.78, 5) is 11.5. The highest BCUT2D eigenvalue weighted by atomic mass is 35.5. The molecule has 0 aliphatic carbocycles. The fourth-order valence-electron chi connectivity index (χ4n) is 1.78. The van der Waals surface area contributed by atoms with Gasteiger partial charge < -0.3 is 9.47 Å². The van der Waals surface area contributed by atoms with Gasteiger partial charge in [-0.25, -0.2) is 22.7 Å². The third kappa shape index (κ3) is 4.67. The van der Waals surface area contributed by atoms with Gasteiger partial charge in [-0.2, -0.15) is 0 Å². The van der Waals surface area contributed by atoms with Gasteiger partial charge in [0.05, 0.1) is 10.6 Å². The van der Waals surface area contributed by atoms with Crippen LogP contribution in [0.2, 0.25) is 5.02 Å². The number of hydrogen-bond donors (Lipinski definition) is 1. The molecule has 2 N–H and O–H groups in total. The third-order valence-electron chi connectivity index (χ3n) is 2.88. The fraction of sp³-hybridized carbons (Fsp3) is 0.133. The molecular formula is C15H13ClFNO5S. The Balaban J connectivity index is 1.95. The maximum atomic E-state index is 13.3. The quantitative estimate of drug-likeness (QED) is 0.619. The average molecular weight is 374 g/mol. The number of ether oxygens (including phenoxy) is 2. The zero-order valence-corrected chi connectivity index (χ0v) is 13.8. The average Bonchev–Trinajstić information content (AvgIpc) is 2.52. The first-order valence-corrected chi connectivity index (χ1v) is 8.58. The number of halogens is 2. The summed E-state index contributed by atoms with van der Waals surface area (Å²) in [6, 6.07) is 9.36. The molecule has 0 aromatic heterocycles.